The third-order valence-corrected chi connectivity index (χ3v) is 3.97. The van der Waals surface area contributed by atoms with E-state index < -0.39 is 0 Å². The highest BCUT2D eigenvalue weighted by atomic mass is 16.5. The van der Waals surface area contributed by atoms with E-state index >= 15 is 0 Å². The van der Waals surface area contributed by atoms with Gasteiger partial charge in [-0.25, -0.2) is 0 Å². The molecule has 2 heteroatoms. The second-order valence-corrected chi connectivity index (χ2v) is 5.25. The van der Waals surface area contributed by atoms with E-state index in [1.54, 1.807) is 0 Å². The average Bonchev–Trinajstić information content (AvgIpc) is 2.29. The van der Waals surface area contributed by atoms with Crippen LogP contribution in [0.5, 0.6) is 0 Å². The van der Waals surface area contributed by atoms with Crippen molar-refractivity contribution in [1.82, 2.24) is 0 Å². The van der Waals surface area contributed by atoms with Crippen LogP contribution in [0.4, 0.5) is 0 Å². The minimum atomic E-state index is 0.161. The van der Waals surface area contributed by atoms with Crippen molar-refractivity contribution >= 4 is 0 Å². The Morgan fingerprint density at radius 1 is 1.20 bits per heavy atom. The van der Waals surface area contributed by atoms with Crippen molar-refractivity contribution in [2.75, 3.05) is 6.61 Å². The second kappa shape index (κ2) is 4.99. The van der Waals surface area contributed by atoms with Crippen molar-refractivity contribution in [1.29, 1.82) is 5.26 Å². The van der Waals surface area contributed by atoms with E-state index in [1.807, 2.05) is 0 Å². The molecule has 0 amide bonds. The largest absolute Gasteiger partial charge is 0.377 e. The molecular weight excluding hydrogens is 186 g/mol. The summed E-state index contributed by atoms with van der Waals surface area (Å²) in [7, 11) is 0. The molecule has 2 aliphatic rings. The van der Waals surface area contributed by atoms with E-state index in [9.17, 15) is 0 Å². The maximum Gasteiger partial charge on any atom is 0.0761 e. The van der Waals surface area contributed by atoms with Crippen molar-refractivity contribution in [3.63, 3.8) is 0 Å². The predicted octanol–water partition coefficient (Wildman–Crippen LogP) is 3.13. The summed E-state index contributed by atoms with van der Waals surface area (Å²) in [6, 6.07) is 2.44. The quantitative estimate of drug-likeness (QED) is 0.661. The topological polar surface area (TPSA) is 33.0 Å². The smallest absolute Gasteiger partial charge is 0.0761 e. The molecule has 2 rings (SSSR count). The van der Waals surface area contributed by atoms with Crippen LogP contribution in [0, 0.1) is 29.1 Å². The van der Waals surface area contributed by atoms with Gasteiger partial charge in [0.05, 0.1) is 18.1 Å². The van der Waals surface area contributed by atoms with Gasteiger partial charge in [-0.3, -0.25) is 0 Å². The molecule has 1 saturated heterocycles. The lowest BCUT2D eigenvalue weighted by molar-refractivity contribution is -0.0572. The first kappa shape index (κ1) is 11.0. The lowest BCUT2D eigenvalue weighted by Crippen LogP contribution is -2.37. The third-order valence-electron chi connectivity index (χ3n) is 3.97. The molecule has 0 spiro atoms. The van der Waals surface area contributed by atoms with Crippen molar-refractivity contribution in [2.24, 2.45) is 17.8 Å². The van der Waals surface area contributed by atoms with Crippen molar-refractivity contribution < 1.29 is 4.74 Å². The van der Waals surface area contributed by atoms with Crippen LogP contribution in [0.3, 0.4) is 0 Å². The maximum atomic E-state index is 9.13. The molecule has 4 unspecified atom stereocenters. The van der Waals surface area contributed by atoms with Crippen molar-refractivity contribution in [3.05, 3.63) is 0 Å². The number of nitriles is 1. The highest BCUT2D eigenvalue weighted by molar-refractivity contribution is 4.95. The van der Waals surface area contributed by atoms with Gasteiger partial charge in [-0.05, 0) is 37.5 Å². The highest BCUT2D eigenvalue weighted by Gasteiger charge is 2.34. The first-order valence-corrected chi connectivity index (χ1v) is 6.32. The summed E-state index contributed by atoms with van der Waals surface area (Å²) in [5.41, 5.74) is 0. The Balaban J connectivity index is 1.98. The Bertz CT molecular complexity index is 245. The van der Waals surface area contributed by atoms with Gasteiger partial charge in [0.2, 0.25) is 0 Å². The molecule has 1 aliphatic heterocycles. The van der Waals surface area contributed by atoms with Crippen LogP contribution in [0.2, 0.25) is 0 Å². The molecule has 1 saturated carbocycles. The summed E-state index contributed by atoms with van der Waals surface area (Å²) in [6.45, 7) is 3.20. The number of rotatable bonds is 1. The second-order valence-electron chi connectivity index (χ2n) is 5.25. The predicted molar refractivity (Wildman–Crippen MR) is 59.2 cm³/mol. The van der Waals surface area contributed by atoms with Crippen LogP contribution in [0.25, 0.3) is 0 Å². The molecular formula is C13H21NO. The lowest BCUT2D eigenvalue weighted by atomic mass is 9.75. The number of hydrogen-bond donors (Lipinski definition) is 0. The zero-order chi connectivity index (χ0) is 10.7. The maximum absolute atomic E-state index is 9.13. The van der Waals surface area contributed by atoms with E-state index in [4.69, 9.17) is 10.00 Å². The number of nitrogens with zero attached hydrogens (tertiary/aromatic N) is 1. The van der Waals surface area contributed by atoms with Crippen molar-refractivity contribution in [3.8, 4) is 6.07 Å². The standard InChI is InChI=1S/C13H21NO/c1-10-4-2-5-11(8-10)13-12(9-14)6-3-7-15-13/h10-13H,2-8H2,1H3. The highest BCUT2D eigenvalue weighted by Crippen LogP contribution is 2.37. The molecule has 1 aliphatic carbocycles. The number of ether oxygens (including phenoxy) is 1. The first-order valence-electron chi connectivity index (χ1n) is 6.32. The SMILES string of the molecule is CC1CCCC(C2OCCCC2C#N)C1. The van der Waals surface area contributed by atoms with E-state index in [0.717, 1.165) is 25.4 Å². The summed E-state index contributed by atoms with van der Waals surface area (Å²) in [5, 5.41) is 9.13. The van der Waals surface area contributed by atoms with Gasteiger partial charge in [0.15, 0.2) is 0 Å². The molecule has 4 atom stereocenters. The van der Waals surface area contributed by atoms with Gasteiger partial charge >= 0.3 is 0 Å². The average molecular weight is 207 g/mol. The summed E-state index contributed by atoms with van der Waals surface area (Å²) in [5.74, 6) is 1.64. The van der Waals surface area contributed by atoms with Gasteiger partial charge in [-0.1, -0.05) is 19.8 Å². The molecule has 84 valence electrons. The monoisotopic (exact) mass is 207 g/mol. The molecule has 2 fully saturated rings. The molecule has 0 radical (unpaired) electrons. The fourth-order valence-corrected chi connectivity index (χ4v) is 3.19. The minimum absolute atomic E-state index is 0.161. The summed E-state index contributed by atoms with van der Waals surface area (Å²) in [6.07, 6.45) is 7.58. The van der Waals surface area contributed by atoms with E-state index in [-0.39, 0.29) is 12.0 Å². The third kappa shape index (κ3) is 2.52. The molecule has 0 N–H and O–H groups in total. The molecule has 2 nitrogen and oxygen atoms in total. The van der Waals surface area contributed by atoms with Gasteiger partial charge in [-0.15, -0.1) is 0 Å². The fraction of sp³-hybridized carbons (Fsp3) is 0.923. The lowest BCUT2D eigenvalue weighted by Gasteiger charge is -2.37. The van der Waals surface area contributed by atoms with Gasteiger partial charge in [0.1, 0.15) is 0 Å². The Labute approximate surface area is 92.6 Å². The van der Waals surface area contributed by atoms with E-state index in [1.165, 1.54) is 25.7 Å². The molecule has 15 heavy (non-hydrogen) atoms. The fourth-order valence-electron chi connectivity index (χ4n) is 3.19. The molecule has 0 aromatic rings. The van der Waals surface area contributed by atoms with Crippen molar-refractivity contribution in [2.45, 2.75) is 51.6 Å². The Hall–Kier alpha value is -0.550. The molecule has 1 heterocycles. The molecule has 0 aromatic heterocycles. The van der Waals surface area contributed by atoms with E-state index in [2.05, 4.69) is 13.0 Å². The molecule has 0 aromatic carbocycles. The zero-order valence-electron chi connectivity index (χ0n) is 9.61. The van der Waals surface area contributed by atoms with Gasteiger partial charge in [0.25, 0.3) is 0 Å². The van der Waals surface area contributed by atoms with Crippen LogP contribution in [-0.4, -0.2) is 12.7 Å². The van der Waals surface area contributed by atoms with Gasteiger partial charge in [-0.2, -0.15) is 5.26 Å². The Kier molecular flexibility index (Phi) is 3.64. The zero-order valence-corrected chi connectivity index (χ0v) is 9.61. The number of hydrogen-bond acceptors (Lipinski definition) is 2. The summed E-state index contributed by atoms with van der Waals surface area (Å²) in [4.78, 5) is 0. The van der Waals surface area contributed by atoms with Crippen LogP contribution in [0.15, 0.2) is 0 Å². The van der Waals surface area contributed by atoms with Gasteiger partial charge < -0.3 is 4.74 Å². The molecule has 0 bridgehead atoms. The summed E-state index contributed by atoms with van der Waals surface area (Å²) >= 11 is 0. The van der Waals surface area contributed by atoms with E-state index in [0.29, 0.717) is 5.92 Å². The normalized spacial score (nSPS) is 42.1. The van der Waals surface area contributed by atoms with Crippen LogP contribution >= 0.6 is 0 Å². The van der Waals surface area contributed by atoms with Crippen LogP contribution in [-0.2, 0) is 4.74 Å². The first-order chi connectivity index (χ1) is 7.31. The van der Waals surface area contributed by atoms with Crippen LogP contribution < -0.4 is 0 Å². The minimum Gasteiger partial charge on any atom is -0.377 e. The van der Waals surface area contributed by atoms with Gasteiger partial charge in [0, 0.05) is 6.61 Å². The Morgan fingerprint density at radius 2 is 2.07 bits per heavy atom. The summed E-state index contributed by atoms with van der Waals surface area (Å²) < 4.78 is 5.85. The van der Waals surface area contributed by atoms with Crippen LogP contribution in [0.1, 0.15) is 45.4 Å². The Morgan fingerprint density at radius 3 is 2.80 bits per heavy atom.